The zero-order valence-corrected chi connectivity index (χ0v) is 14.2. The van der Waals surface area contributed by atoms with Gasteiger partial charge in [0, 0.05) is 15.9 Å². The Labute approximate surface area is 137 Å². The molecule has 1 N–H and O–H groups in total. The van der Waals surface area contributed by atoms with Crippen molar-refractivity contribution in [1.82, 2.24) is 4.90 Å². The van der Waals surface area contributed by atoms with Crippen LogP contribution in [0.2, 0.25) is 0 Å². The number of rotatable bonds is 4. The van der Waals surface area contributed by atoms with Gasteiger partial charge >= 0.3 is 5.97 Å². The van der Waals surface area contributed by atoms with Gasteiger partial charge in [0.1, 0.15) is 5.54 Å². The first kappa shape index (κ1) is 16.4. The first-order valence-corrected chi connectivity index (χ1v) is 8.63. The highest BCUT2D eigenvalue weighted by molar-refractivity contribution is 9.10. The van der Waals surface area contributed by atoms with Crippen molar-refractivity contribution in [1.29, 1.82) is 0 Å². The third kappa shape index (κ3) is 3.80. The number of hydrogen-bond donors (Lipinski definition) is 1. The predicted octanol–water partition coefficient (Wildman–Crippen LogP) is 3.40. The summed E-state index contributed by atoms with van der Waals surface area (Å²) in [4.78, 5) is 26.4. The minimum atomic E-state index is -1.06. The Bertz CT molecular complexity index is 534. The standard InChI is InChI=1S/C15H18BrNO3S/c1-15(14(19)20)8-2-3-9-17(15)13(18)10-21-12-6-4-11(16)5-7-12/h4-7H,2-3,8-10H2,1H3,(H,19,20). The summed E-state index contributed by atoms with van der Waals surface area (Å²) in [6.45, 7) is 2.18. The molecule has 1 amide bonds. The summed E-state index contributed by atoms with van der Waals surface area (Å²) < 4.78 is 0.993. The van der Waals surface area contributed by atoms with Crippen molar-refractivity contribution in [3.8, 4) is 0 Å². The van der Waals surface area contributed by atoms with Crippen LogP contribution in [0.25, 0.3) is 0 Å². The summed E-state index contributed by atoms with van der Waals surface area (Å²) in [5.41, 5.74) is -1.06. The van der Waals surface area contributed by atoms with E-state index in [1.807, 2.05) is 24.3 Å². The van der Waals surface area contributed by atoms with Gasteiger partial charge in [0.2, 0.25) is 5.91 Å². The normalized spacial score (nSPS) is 22.1. The van der Waals surface area contributed by atoms with Crippen molar-refractivity contribution in [2.45, 2.75) is 36.6 Å². The minimum Gasteiger partial charge on any atom is -0.480 e. The molecule has 4 nitrogen and oxygen atoms in total. The van der Waals surface area contributed by atoms with Gasteiger partial charge < -0.3 is 10.0 Å². The smallest absolute Gasteiger partial charge is 0.329 e. The van der Waals surface area contributed by atoms with E-state index in [1.54, 1.807) is 6.92 Å². The number of carbonyl (C=O) groups excluding carboxylic acids is 1. The SMILES string of the molecule is CC1(C(=O)O)CCCCN1C(=O)CSc1ccc(Br)cc1. The first-order chi connectivity index (χ1) is 9.93. The number of carboxylic acid groups (broad SMARTS) is 1. The van der Waals surface area contributed by atoms with Gasteiger partial charge in [-0.2, -0.15) is 0 Å². The Morgan fingerprint density at radius 1 is 1.33 bits per heavy atom. The Morgan fingerprint density at radius 2 is 2.00 bits per heavy atom. The lowest BCUT2D eigenvalue weighted by atomic mass is 9.88. The van der Waals surface area contributed by atoms with E-state index >= 15 is 0 Å². The highest BCUT2D eigenvalue weighted by Crippen LogP contribution is 2.30. The van der Waals surface area contributed by atoms with E-state index < -0.39 is 11.5 Å². The monoisotopic (exact) mass is 371 g/mol. The molecular formula is C15H18BrNO3S. The van der Waals surface area contributed by atoms with E-state index in [0.717, 1.165) is 22.2 Å². The maximum Gasteiger partial charge on any atom is 0.329 e. The number of halogens is 1. The summed E-state index contributed by atoms with van der Waals surface area (Å²) in [6.07, 6.45) is 2.25. The van der Waals surface area contributed by atoms with Crippen LogP contribution in [-0.2, 0) is 9.59 Å². The van der Waals surface area contributed by atoms with Gasteiger partial charge in [0.05, 0.1) is 5.75 Å². The number of hydrogen-bond acceptors (Lipinski definition) is 3. The van der Waals surface area contributed by atoms with Crippen LogP contribution < -0.4 is 0 Å². The molecule has 1 aliphatic rings. The lowest BCUT2D eigenvalue weighted by molar-refractivity contribution is -0.159. The van der Waals surface area contributed by atoms with Crippen molar-refractivity contribution < 1.29 is 14.7 Å². The van der Waals surface area contributed by atoms with E-state index in [0.29, 0.717) is 13.0 Å². The maximum atomic E-state index is 12.4. The van der Waals surface area contributed by atoms with E-state index in [9.17, 15) is 14.7 Å². The molecule has 0 bridgehead atoms. The van der Waals surface area contributed by atoms with Crippen LogP contribution in [0.1, 0.15) is 26.2 Å². The van der Waals surface area contributed by atoms with Crippen LogP contribution in [0.3, 0.4) is 0 Å². The first-order valence-electron chi connectivity index (χ1n) is 6.86. The quantitative estimate of drug-likeness (QED) is 0.824. The molecule has 2 rings (SSSR count). The molecule has 6 heteroatoms. The average molecular weight is 372 g/mol. The number of likely N-dealkylation sites (tertiary alicyclic amines) is 1. The maximum absolute atomic E-state index is 12.4. The van der Waals surface area contributed by atoms with E-state index in [4.69, 9.17) is 0 Å². The number of carbonyl (C=O) groups is 2. The number of aliphatic carboxylic acids is 1. The lowest BCUT2D eigenvalue weighted by Crippen LogP contribution is -2.57. The fraction of sp³-hybridized carbons (Fsp3) is 0.467. The topological polar surface area (TPSA) is 57.6 Å². The molecule has 1 fully saturated rings. The minimum absolute atomic E-state index is 0.104. The number of amides is 1. The summed E-state index contributed by atoms with van der Waals surface area (Å²) in [7, 11) is 0. The third-order valence-corrected chi connectivity index (χ3v) is 5.35. The molecule has 1 aliphatic heterocycles. The Hall–Kier alpha value is -1.01. The highest BCUT2D eigenvalue weighted by Gasteiger charge is 2.43. The van der Waals surface area contributed by atoms with Crippen molar-refractivity contribution in [3.05, 3.63) is 28.7 Å². The van der Waals surface area contributed by atoms with Gasteiger partial charge in [-0.3, -0.25) is 4.79 Å². The van der Waals surface area contributed by atoms with E-state index in [1.165, 1.54) is 16.7 Å². The number of nitrogens with zero attached hydrogens (tertiary/aromatic N) is 1. The van der Waals surface area contributed by atoms with Crippen molar-refractivity contribution in [2.24, 2.45) is 0 Å². The zero-order chi connectivity index (χ0) is 15.5. The largest absolute Gasteiger partial charge is 0.480 e. The zero-order valence-electron chi connectivity index (χ0n) is 11.8. The third-order valence-electron chi connectivity index (χ3n) is 3.83. The number of thioether (sulfide) groups is 1. The second-order valence-electron chi connectivity index (χ2n) is 5.32. The second-order valence-corrected chi connectivity index (χ2v) is 7.29. The van der Waals surface area contributed by atoms with Crippen molar-refractivity contribution in [2.75, 3.05) is 12.3 Å². The molecule has 0 aromatic heterocycles. The lowest BCUT2D eigenvalue weighted by Gasteiger charge is -2.41. The van der Waals surface area contributed by atoms with Gasteiger partial charge in [-0.1, -0.05) is 15.9 Å². The number of benzene rings is 1. The fourth-order valence-electron chi connectivity index (χ4n) is 2.50. The molecular weight excluding hydrogens is 354 g/mol. The molecule has 1 aromatic carbocycles. The number of piperidine rings is 1. The van der Waals surface area contributed by atoms with E-state index in [-0.39, 0.29) is 11.7 Å². The van der Waals surface area contributed by atoms with Crippen LogP contribution in [0.5, 0.6) is 0 Å². The van der Waals surface area contributed by atoms with Crippen LogP contribution in [0.4, 0.5) is 0 Å². The summed E-state index contributed by atoms with van der Waals surface area (Å²) in [6, 6.07) is 7.73. The van der Waals surface area contributed by atoms with E-state index in [2.05, 4.69) is 15.9 Å². The van der Waals surface area contributed by atoms with Gasteiger partial charge in [-0.15, -0.1) is 11.8 Å². The molecule has 114 valence electrons. The Balaban J connectivity index is 2.01. The predicted molar refractivity (Wildman–Crippen MR) is 86.5 cm³/mol. The van der Waals surface area contributed by atoms with Gasteiger partial charge in [-0.25, -0.2) is 4.79 Å². The van der Waals surface area contributed by atoms with Crippen LogP contribution in [-0.4, -0.2) is 39.7 Å². The molecule has 0 saturated carbocycles. The van der Waals surface area contributed by atoms with Crippen molar-refractivity contribution >= 4 is 39.6 Å². The molecule has 1 heterocycles. The van der Waals surface area contributed by atoms with Crippen LogP contribution in [0, 0.1) is 0 Å². The summed E-state index contributed by atoms with van der Waals surface area (Å²) >= 11 is 4.81. The molecule has 0 aliphatic carbocycles. The van der Waals surface area contributed by atoms with Crippen molar-refractivity contribution in [3.63, 3.8) is 0 Å². The highest BCUT2D eigenvalue weighted by atomic mass is 79.9. The molecule has 1 aromatic rings. The fourth-order valence-corrected chi connectivity index (χ4v) is 3.54. The Morgan fingerprint density at radius 3 is 2.62 bits per heavy atom. The van der Waals surface area contributed by atoms with Gasteiger partial charge in [0.25, 0.3) is 0 Å². The molecule has 1 unspecified atom stereocenters. The molecule has 0 spiro atoms. The van der Waals surface area contributed by atoms with Gasteiger partial charge in [0.15, 0.2) is 0 Å². The average Bonchev–Trinajstić information content (AvgIpc) is 2.46. The summed E-state index contributed by atoms with van der Waals surface area (Å²) in [5.74, 6) is -0.749. The Kier molecular flexibility index (Phi) is 5.32. The van der Waals surface area contributed by atoms with Gasteiger partial charge in [-0.05, 0) is 50.5 Å². The second kappa shape index (κ2) is 6.83. The molecule has 1 saturated heterocycles. The molecule has 0 radical (unpaired) electrons. The summed E-state index contributed by atoms with van der Waals surface area (Å²) in [5, 5.41) is 9.43. The van der Waals surface area contributed by atoms with Crippen LogP contribution in [0.15, 0.2) is 33.6 Å². The molecule has 1 atom stereocenters. The number of carboxylic acids is 1. The molecule has 21 heavy (non-hydrogen) atoms. The van der Waals surface area contributed by atoms with Crippen LogP contribution >= 0.6 is 27.7 Å².